The van der Waals surface area contributed by atoms with E-state index in [4.69, 9.17) is 5.84 Å². The lowest BCUT2D eigenvalue weighted by atomic mass is 10.0. The highest BCUT2D eigenvalue weighted by Crippen LogP contribution is 2.20. The van der Waals surface area contributed by atoms with Gasteiger partial charge < -0.3 is 0 Å². The lowest BCUT2D eigenvalue weighted by Crippen LogP contribution is -2.31. The molecule has 0 spiro atoms. The summed E-state index contributed by atoms with van der Waals surface area (Å²) >= 11 is 0. The number of hydrogen-bond acceptors (Lipinski definition) is 4. The molecule has 18 heavy (non-hydrogen) atoms. The third-order valence-corrected chi connectivity index (χ3v) is 2.73. The van der Waals surface area contributed by atoms with E-state index in [1.165, 1.54) is 6.33 Å². The van der Waals surface area contributed by atoms with Gasteiger partial charge in [0, 0.05) is 19.0 Å². The second-order valence-electron chi connectivity index (χ2n) is 3.89. The lowest BCUT2D eigenvalue weighted by Gasteiger charge is -2.16. The second-order valence-corrected chi connectivity index (χ2v) is 3.89. The Bertz CT molecular complexity index is 540. The third-order valence-electron chi connectivity index (χ3n) is 2.73. The van der Waals surface area contributed by atoms with Crippen LogP contribution in [-0.4, -0.2) is 14.8 Å². The Morgan fingerprint density at radius 2 is 2.22 bits per heavy atom. The zero-order valence-electron chi connectivity index (χ0n) is 9.77. The van der Waals surface area contributed by atoms with E-state index in [-0.39, 0.29) is 5.56 Å². The molecule has 0 saturated heterocycles. The Kier molecular flexibility index (Phi) is 3.63. The summed E-state index contributed by atoms with van der Waals surface area (Å²) in [6.45, 7) is 0. The van der Waals surface area contributed by atoms with Gasteiger partial charge in [-0.2, -0.15) is 5.10 Å². The molecule has 0 aliphatic carbocycles. The van der Waals surface area contributed by atoms with Crippen molar-refractivity contribution in [1.29, 1.82) is 0 Å². The van der Waals surface area contributed by atoms with Crippen LogP contribution in [0.2, 0.25) is 0 Å². The molecule has 1 aromatic heterocycles. The van der Waals surface area contributed by atoms with Gasteiger partial charge in [0.1, 0.15) is 23.8 Å². The predicted octanol–water partition coefficient (Wildman–Crippen LogP) is 0.840. The van der Waals surface area contributed by atoms with Gasteiger partial charge in [-0.05, 0) is 18.2 Å². The fraction of sp³-hybridized carbons (Fsp3) is 0.273. The molecule has 1 heterocycles. The fourth-order valence-corrected chi connectivity index (χ4v) is 1.73. The third kappa shape index (κ3) is 2.52. The molecule has 7 heteroatoms. The van der Waals surface area contributed by atoms with Crippen molar-refractivity contribution < 1.29 is 8.78 Å². The van der Waals surface area contributed by atoms with Crippen molar-refractivity contribution in [2.24, 2.45) is 12.9 Å². The van der Waals surface area contributed by atoms with Crippen molar-refractivity contribution in [3.05, 3.63) is 47.5 Å². The average molecular weight is 253 g/mol. The van der Waals surface area contributed by atoms with Crippen LogP contribution >= 0.6 is 0 Å². The molecule has 1 unspecified atom stereocenters. The highest BCUT2D eigenvalue weighted by molar-refractivity contribution is 5.23. The number of nitrogens with two attached hydrogens (primary N) is 1. The molecule has 0 bridgehead atoms. The zero-order valence-corrected chi connectivity index (χ0v) is 9.77. The van der Waals surface area contributed by atoms with E-state index in [9.17, 15) is 8.78 Å². The largest absolute Gasteiger partial charge is 0.271 e. The summed E-state index contributed by atoms with van der Waals surface area (Å²) in [5.74, 6) is 5.00. The number of rotatable bonds is 4. The topological polar surface area (TPSA) is 68.8 Å². The number of hydrogen-bond donors (Lipinski definition) is 2. The van der Waals surface area contributed by atoms with Crippen LogP contribution in [0.3, 0.4) is 0 Å². The van der Waals surface area contributed by atoms with Gasteiger partial charge in [-0.3, -0.25) is 16.0 Å². The highest BCUT2D eigenvalue weighted by Gasteiger charge is 2.18. The Balaban J connectivity index is 2.28. The molecule has 0 aliphatic heterocycles. The maximum atomic E-state index is 13.6. The van der Waals surface area contributed by atoms with E-state index in [1.54, 1.807) is 11.7 Å². The van der Waals surface area contributed by atoms with Crippen molar-refractivity contribution in [2.75, 3.05) is 0 Å². The Labute approximate surface area is 103 Å². The van der Waals surface area contributed by atoms with E-state index >= 15 is 0 Å². The average Bonchev–Trinajstić information content (AvgIpc) is 2.75. The molecule has 0 fully saturated rings. The van der Waals surface area contributed by atoms with Gasteiger partial charge >= 0.3 is 0 Å². The number of nitrogens with one attached hydrogen (secondary N) is 1. The first kappa shape index (κ1) is 12.6. The molecule has 1 aromatic carbocycles. The van der Waals surface area contributed by atoms with Gasteiger partial charge in [0.25, 0.3) is 0 Å². The first-order valence-electron chi connectivity index (χ1n) is 5.35. The Morgan fingerprint density at radius 3 is 2.83 bits per heavy atom. The summed E-state index contributed by atoms with van der Waals surface area (Å²) in [6.07, 6.45) is 1.71. The first-order valence-corrected chi connectivity index (χ1v) is 5.35. The summed E-state index contributed by atoms with van der Waals surface area (Å²) in [7, 11) is 1.72. The van der Waals surface area contributed by atoms with Gasteiger partial charge in [-0.25, -0.2) is 13.8 Å². The zero-order chi connectivity index (χ0) is 13.1. The summed E-state index contributed by atoms with van der Waals surface area (Å²) in [4.78, 5) is 4.02. The Hall–Kier alpha value is -1.86. The van der Waals surface area contributed by atoms with Crippen molar-refractivity contribution >= 4 is 0 Å². The SMILES string of the molecule is Cn1ncnc1CC(NN)c1cc(F)ccc1F. The van der Waals surface area contributed by atoms with Gasteiger partial charge in [0.2, 0.25) is 0 Å². The van der Waals surface area contributed by atoms with Gasteiger partial charge in [-0.1, -0.05) is 0 Å². The van der Waals surface area contributed by atoms with Gasteiger partial charge in [-0.15, -0.1) is 0 Å². The number of hydrazine groups is 1. The van der Waals surface area contributed by atoms with Crippen LogP contribution in [0.15, 0.2) is 24.5 Å². The van der Waals surface area contributed by atoms with E-state index in [0.717, 1.165) is 18.2 Å². The molecule has 0 amide bonds. The minimum absolute atomic E-state index is 0.167. The summed E-state index contributed by atoms with van der Waals surface area (Å²) < 4.78 is 28.3. The standard InChI is InChI=1S/C11H13F2N5/c1-18-11(15-6-16-18)5-10(17-14)8-4-7(12)2-3-9(8)13/h2-4,6,10,17H,5,14H2,1H3. The predicted molar refractivity (Wildman–Crippen MR) is 61.1 cm³/mol. The molecule has 5 nitrogen and oxygen atoms in total. The van der Waals surface area contributed by atoms with Crippen LogP contribution in [0.1, 0.15) is 17.4 Å². The quantitative estimate of drug-likeness (QED) is 0.626. The molecule has 3 N–H and O–H groups in total. The minimum atomic E-state index is -0.566. The maximum Gasteiger partial charge on any atom is 0.138 e. The normalized spacial score (nSPS) is 12.7. The van der Waals surface area contributed by atoms with Crippen molar-refractivity contribution in [3.63, 3.8) is 0 Å². The monoisotopic (exact) mass is 253 g/mol. The minimum Gasteiger partial charge on any atom is -0.271 e. The summed E-state index contributed by atoms with van der Waals surface area (Å²) in [6, 6.07) is 2.69. The molecule has 0 radical (unpaired) electrons. The van der Waals surface area contributed by atoms with Gasteiger partial charge in [0.05, 0.1) is 6.04 Å². The molecule has 96 valence electrons. The van der Waals surface area contributed by atoms with Crippen LogP contribution < -0.4 is 11.3 Å². The number of aromatic nitrogens is 3. The first-order chi connectivity index (χ1) is 8.61. The van der Waals surface area contributed by atoms with Crippen molar-refractivity contribution in [3.8, 4) is 0 Å². The molecule has 0 aliphatic rings. The maximum absolute atomic E-state index is 13.6. The van der Waals surface area contributed by atoms with Crippen LogP contribution in [0.5, 0.6) is 0 Å². The molecular formula is C11H13F2N5. The smallest absolute Gasteiger partial charge is 0.138 e. The van der Waals surface area contributed by atoms with Crippen molar-refractivity contribution in [1.82, 2.24) is 20.2 Å². The van der Waals surface area contributed by atoms with E-state index < -0.39 is 17.7 Å². The van der Waals surface area contributed by atoms with Crippen LogP contribution in [0.4, 0.5) is 8.78 Å². The Morgan fingerprint density at radius 1 is 1.44 bits per heavy atom. The lowest BCUT2D eigenvalue weighted by molar-refractivity contribution is 0.486. The molecular weight excluding hydrogens is 240 g/mol. The molecule has 1 atom stereocenters. The summed E-state index contributed by atoms with van der Waals surface area (Å²) in [5.41, 5.74) is 2.63. The molecule has 2 aromatic rings. The number of aryl methyl sites for hydroxylation is 1. The molecule has 0 saturated carbocycles. The highest BCUT2D eigenvalue weighted by atomic mass is 19.1. The van der Waals surface area contributed by atoms with Gasteiger partial charge in [0.15, 0.2) is 0 Å². The fourth-order valence-electron chi connectivity index (χ4n) is 1.73. The number of halogens is 2. The van der Waals surface area contributed by atoms with Crippen LogP contribution in [-0.2, 0) is 13.5 Å². The van der Waals surface area contributed by atoms with Crippen LogP contribution in [0, 0.1) is 11.6 Å². The van der Waals surface area contributed by atoms with E-state index in [2.05, 4.69) is 15.5 Å². The second kappa shape index (κ2) is 5.19. The molecule has 2 rings (SSSR count). The number of benzene rings is 1. The number of nitrogens with zero attached hydrogens (tertiary/aromatic N) is 3. The summed E-state index contributed by atoms with van der Waals surface area (Å²) in [5, 5.41) is 3.91. The van der Waals surface area contributed by atoms with E-state index in [0.29, 0.717) is 12.2 Å². The van der Waals surface area contributed by atoms with E-state index in [1.807, 2.05) is 0 Å². The van der Waals surface area contributed by atoms with Crippen molar-refractivity contribution in [2.45, 2.75) is 12.5 Å². The van der Waals surface area contributed by atoms with Crippen LogP contribution in [0.25, 0.3) is 0 Å².